The van der Waals surface area contributed by atoms with Crippen molar-refractivity contribution in [2.75, 3.05) is 11.9 Å². The van der Waals surface area contributed by atoms with Crippen molar-refractivity contribution in [1.29, 1.82) is 0 Å². The van der Waals surface area contributed by atoms with Gasteiger partial charge in [-0.25, -0.2) is 4.39 Å². The van der Waals surface area contributed by atoms with Gasteiger partial charge in [-0.15, -0.1) is 0 Å². The summed E-state index contributed by atoms with van der Waals surface area (Å²) < 4.78 is 14.0. The number of anilines is 1. The summed E-state index contributed by atoms with van der Waals surface area (Å²) in [7, 11) is 0. The number of hydrogen-bond acceptors (Lipinski definition) is 2. The Morgan fingerprint density at radius 2 is 1.89 bits per heavy atom. The summed E-state index contributed by atoms with van der Waals surface area (Å²) in [6, 6.07) is 3.24. The molecular formula is C15H21BrFNO. The van der Waals surface area contributed by atoms with E-state index in [1.165, 1.54) is 18.9 Å². The molecule has 2 rings (SSSR count). The average Bonchev–Trinajstić information content (AvgIpc) is 2.58. The van der Waals surface area contributed by atoms with Gasteiger partial charge in [0.25, 0.3) is 0 Å². The van der Waals surface area contributed by atoms with Crippen LogP contribution in [0.4, 0.5) is 10.1 Å². The van der Waals surface area contributed by atoms with Gasteiger partial charge in [0.1, 0.15) is 5.82 Å². The van der Waals surface area contributed by atoms with Crippen LogP contribution in [0.1, 0.15) is 44.1 Å². The minimum absolute atomic E-state index is 0.277. The van der Waals surface area contributed by atoms with Crippen molar-refractivity contribution in [2.45, 2.75) is 51.0 Å². The number of benzene rings is 1. The molecule has 1 aromatic rings. The molecule has 0 atom stereocenters. The highest BCUT2D eigenvalue weighted by molar-refractivity contribution is 9.10. The summed E-state index contributed by atoms with van der Waals surface area (Å²) in [5, 5.41) is 13.8. The summed E-state index contributed by atoms with van der Waals surface area (Å²) in [6.07, 6.45) is 6.22. The number of aliphatic hydroxyl groups is 1. The third kappa shape index (κ3) is 3.93. The van der Waals surface area contributed by atoms with Gasteiger partial charge in [-0.2, -0.15) is 0 Å². The summed E-state index contributed by atoms with van der Waals surface area (Å²) in [5.41, 5.74) is 1.09. The molecule has 1 aromatic carbocycles. The van der Waals surface area contributed by atoms with E-state index in [0.29, 0.717) is 11.0 Å². The van der Waals surface area contributed by atoms with Crippen LogP contribution >= 0.6 is 15.9 Å². The van der Waals surface area contributed by atoms with E-state index in [4.69, 9.17) is 0 Å². The molecule has 2 nitrogen and oxygen atoms in total. The van der Waals surface area contributed by atoms with Crippen LogP contribution in [0, 0.1) is 12.7 Å². The number of hydrogen-bond donors (Lipinski definition) is 2. The van der Waals surface area contributed by atoms with E-state index >= 15 is 0 Å². The average molecular weight is 330 g/mol. The number of nitrogens with one attached hydrogen (secondary N) is 1. The van der Waals surface area contributed by atoms with Crippen molar-refractivity contribution in [1.82, 2.24) is 0 Å². The number of rotatable bonds is 3. The van der Waals surface area contributed by atoms with Gasteiger partial charge in [0.05, 0.1) is 10.1 Å². The first kappa shape index (κ1) is 14.8. The quantitative estimate of drug-likeness (QED) is 0.806. The monoisotopic (exact) mass is 329 g/mol. The normalized spacial score (nSPS) is 18.9. The highest BCUT2D eigenvalue weighted by Crippen LogP contribution is 2.29. The fraction of sp³-hybridized carbons (Fsp3) is 0.600. The van der Waals surface area contributed by atoms with E-state index in [-0.39, 0.29) is 5.82 Å². The lowest BCUT2D eigenvalue weighted by atomic mass is 9.94. The molecule has 106 valence electrons. The topological polar surface area (TPSA) is 32.3 Å². The summed E-state index contributed by atoms with van der Waals surface area (Å²) >= 11 is 3.18. The maximum absolute atomic E-state index is 13.5. The first-order valence-corrected chi connectivity index (χ1v) is 7.71. The molecule has 0 unspecified atom stereocenters. The Labute approximate surface area is 122 Å². The molecule has 0 amide bonds. The third-order valence-electron chi connectivity index (χ3n) is 3.91. The lowest BCUT2D eigenvalue weighted by molar-refractivity contribution is 0.0381. The van der Waals surface area contributed by atoms with Gasteiger partial charge in [0.2, 0.25) is 0 Å². The molecule has 0 heterocycles. The minimum Gasteiger partial charge on any atom is -0.388 e. The van der Waals surface area contributed by atoms with Gasteiger partial charge in [-0.1, -0.05) is 25.7 Å². The molecule has 0 aliphatic heterocycles. The van der Waals surface area contributed by atoms with Crippen LogP contribution < -0.4 is 5.32 Å². The van der Waals surface area contributed by atoms with Gasteiger partial charge in [0.15, 0.2) is 0 Å². The fourth-order valence-corrected chi connectivity index (χ4v) is 3.12. The van der Waals surface area contributed by atoms with Gasteiger partial charge < -0.3 is 10.4 Å². The molecule has 2 N–H and O–H groups in total. The predicted molar refractivity (Wildman–Crippen MR) is 80.0 cm³/mol. The molecule has 0 spiro atoms. The molecule has 19 heavy (non-hydrogen) atoms. The number of halogens is 2. The number of aryl methyl sites for hydroxylation is 1. The van der Waals surface area contributed by atoms with Crippen molar-refractivity contribution >= 4 is 21.6 Å². The van der Waals surface area contributed by atoms with Gasteiger partial charge in [-0.3, -0.25) is 0 Å². The van der Waals surface area contributed by atoms with E-state index in [2.05, 4.69) is 21.2 Å². The van der Waals surface area contributed by atoms with Crippen LogP contribution in [0.3, 0.4) is 0 Å². The van der Waals surface area contributed by atoms with E-state index in [0.717, 1.165) is 36.9 Å². The standard InChI is InChI=1S/C15H21BrFNO/c1-11-8-12(16)13(17)9-14(11)18-10-15(19)6-4-2-3-5-7-15/h8-9,18-19H,2-7,10H2,1H3. The maximum Gasteiger partial charge on any atom is 0.139 e. The largest absolute Gasteiger partial charge is 0.388 e. The Kier molecular flexibility index (Phi) is 4.85. The molecule has 0 aromatic heterocycles. The van der Waals surface area contributed by atoms with Crippen LogP contribution in [-0.2, 0) is 0 Å². The van der Waals surface area contributed by atoms with Crippen LogP contribution in [0.2, 0.25) is 0 Å². The van der Waals surface area contributed by atoms with Crippen molar-refractivity contribution in [3.63, 3.8) is 0 Å². The SMILES string of the molecule is Cc1cc(Br)c(F)cc1NCC1(O)CCCCCC1. The Morgan fingerprint density at radius 3 is 2.53 bits per heavy atom. The minimum atomic E-state index is -0.646. The molecule has 1 aliphatic rings. The molecule has 0 bridgehead atoms. The Morgan fingerprint density at radius 1 is 1.26 bits per heavy atom. The molecule has 1 saturated carbocycles. The summed E-state index contributed by atoms with van der Waals surface area (Å²) in [5.74, 6) is -0.277. The van der Waals surface area contributed by atoms with E-state index in [9.17, 15) is 9.50 Å². The Balaban J connectivity index is 2.03. The molecule has 0 saturated heterocycles. The van der Waals surface area contributed by atoms with Crippen LogP contribution in [0.5, 0.6) is 0 Å². The molecule has 0 radical (unpaired) electrons. The van der Waals surface area contributed by atoms with Crippen LogP contribution in [0.15, 0.2) is 16.6 Å². The van der Waals surface area contributed by atoms with Gasteiger partial charge in [0, 0.05) is 12.2 Å². The molecule has 1 aliphatic carbocycles. The highest BCUT2D eigenvalue weighted by atomic mass is 79.9. The molecular weight excluding hydrogens is 309 g/mol. The zero-order valence-electron chi connectivity index (χ0n) is 11.3. The van der Waals surface area contributed by atoms with E-state index in [1.807, 2.05) is 6.92 Å². The second-order valence-electron chi connectivity index (χ2n) is 5.57. The Bertz CT molecular complexity index is 442. The lowest BCUT2D eigenvalue weighted by Crippen LogP contribution is -2.36. The second kappa shape index (κ2) is 6.23. The summed E-state index contributed by atoms with van der Waals surface area (Å²) in [4.78, 5) is 0. The van der Waals surface area contributed by atoms with Crippen LogP contribution in [-0.4, -0.2) is 17.3 Å². The molecule has 4 heteroatoms. The van der Waals surface area contributed by atoms with Crippen molar-refractivity contribution < 1.29 is 9.50 Å². The Hall–Kier alpha value is -0.610. The predicted octanol–water partition coefficient (Wildman–Crippen LogP) is 4.39. The zero-order chi connectivity index (χ0) is 13.9. The smallest absolute Gasteiger partial charge is 0.139 e. The van der Waals surface area contributed by atoms with E-state index in [1.54, 1.807) is 6.07 Å². The highest BCUT2D eigenvalue weighted by Gasteiger charge is 2.27. The lowest BCUT2D eigenvalue weighted by Gasteiger charge is -2.27. The third-order valence-corrected chi connectivity index (χ3v) is 4.52. The first-order chi connectivity index (χ1) is 9.00. The van der Waals surface area contributed by atoms with Crippen molar-refractivity contribution in [3.05, 3.63) is 28.0 Å². The summed E-state index contributed by atoms with van der Waals surface area (Å²) in [6.45, 7) is 2.43. The molecule has 1 fully saturated rings. The van der Waals surface area contributed by atoms with Crippen molar-refractivity contribution in [2.24, 2.45) is 0 Å². The fourth-order valence-electron chi connectivity index (χ4n) is 2.66. The van der Waals surface area contributed by atoms with E-state index < -0.39 is 5.60 Å². The maximum atomic E-state index is 13.5. The van der Waals surface area contributed by atoms with Gasteiger partial charge in [-0.05, 0) is 53.4 Å². The van der Waals surface area contributed by atoms with Crippen molar-refractivity contribution in [3.8, 4) is 0 Å². The zero-order valence-corrected chi connectivity index (χ0v) is 12.9. The van der Waals surface area contributed by atoms with Gasteiger partial charge >= 0.3 is 0 Å². The second-order valence-corrected chi connectivity index (χ2v) is 6.43. The first-order valence-electron chi connectivity index (χ1n) is 6.92. The van der Waals surface area contributed by atoms with Crippen LogP contribution in [0.25, 0.3) is 0 Å².